The summed E-state index contributed by atoms with van der Waals surface area (Å²) in [4.78, 5) is 0. The van der Waals surface area contributed by atoms with E-state index in [0.29, 0.717) is 11.4 Å². The van der Waals surface area contributed by atoms with Crippen LogP contribution in [0.1, 0.15) is 11.1 Å². The Labute approximate surface area is 127 Å². The second-order valence-corrected chi connectivity index (χ2v) is 7.13. The van der Waals surface area contributed by atoms with Crippen LogP contribution in [0.3, 0.4) is 0 Å². The molecule has 0 saturated heterocycles. The minimum Gasteiger partial charge on any atom is -0.399 e. The molecule has 0 aliphatic heterocycles. The van der Waals surface area contributed by atoms with Crippen LogP contribution in [0.2, 0.25) is 0 Å². The van der Waals surface area contributed by atoms with Gasteiger partial charge in [-0.3, -0.25) is 0 Å². The quantitative estimate of drug-likeness (QED) is 0.651. The van der Waals surface area contributed by atoms with Gasteiger partial charge >= 0.3 is 0 Å². The molecule has 4 N–H and O–H groups in total. The Kier molecular flexibility index (Phi) is 4.50. The van der Waals surface area contributed by atoms with Gasteiger partial charge in [0.2, 0.25) is 0 Å². The van der Waals surface area contributed by atoms with Crippen LogP contribution in [-0.4, -0.2) is 0 Å². The lowest BCUT2D eigenvalue weighted by Gasteiger charge is -2.19. The van der Waals surface area contributed by atoms with Crippen LogP contribution in [0.15, 0.2) is 48.5 Å². The average Bonchev–Trinajstić information content (AvgIpc) is 2.39. The number of hydrogen-bond donors (Lipinski definition) is 2. The van der Waals surface area contributed by atoms with Crippen molar-refractivity contribution in [3.8, 4) is 0 Å². The molecule has 2 aromatic carbocycles. The first kappa shape index (κ1) is 14.4. The Bertz CT molecular complexity index is 538. The van der Waals surface area contributed by atoms with Crippen LogP contribution in [-0.2, 0) is 9.42 Å². The predicted molar refractivity (Wildman–Crippen MR) is 86.4 cm³/mol. The SMILES string of the molecule is Nc1ccc(CSC(Cl)(Cl)c2ccc(N)cc2)cc1. The number of benzene rings is 2. The van der Waals surface area contributed by atoms with Crippen LogP contribution < -0.4 is 11.5 Å². The van der Waals surface area contributed by atoms with E-state index < -0.39 is 3.67 Å². The third-order valence-corrected chi connectivity index (χ3v) is 4.81. The lowest BCUT2D eigenvalue weighted by Crippen LogP contribution is -2.05. The first-order chi connectivity index (χ1) is 8.97. The van der Waals surface area contributed by atoms with Crippen molar-refractivity contribution in [1.29, 1.82) is 0 Å². The van der Waals surface area contributed by atoms with Crippen molar-refractivity contribution >= 4 is 46.3 Å². The smallest absolute Gasteiger partial charge is 0.188 e. The molecule has 0 aromatic heterocycles. The maximum atomic E-state index is 6.36. The Hall–Kier alpha value is -1.03. The second-order valence-electron chi connectivity index (χ2n) is 4.17. The van der Waals surface area contributed by atoms with Crippen molar-refractivity contribution in [3.05, 3.63) is 59.7 Å². The van der Waals surface area contributed by atoms with Gasteiger partial charge in [0.25, 0.3) is 0 Å². The number of nitrogens with two attached hydrogens (primary N) is 2. The van der Waals surface area contributed by atoms with Gasteiger partial charge in [-0.2, -0.15) is 0 Å². The van der Waals surface area contributed by atoms with Gasteiger partial charge < -0.3 is 11.5 Å². The van der Waals surface area contributed by atoms with E-state index in [1.807, 2.05) is 36.4 Å². The maximum absolute atomic E-state index is 6.36. The fourth-order valence-corrected chi connectivity index (χ4v) is 2.97. The molecule has 0 amide bonds. The van der Waals surface area contributed by atoms with E-state index in [4.69, 9.17) is 34.7 Å². The zero-order valence-electron chi connectivity index (χ0n) is 10.1. The highest BCUT2D eigenvalue weighted by Gasteiger charge is 2.26. The van der Waals surface area contributed by atoms with E-state index in [1.54, 1.807) is 12.1 Å². The Balaban J connectivity index is 2.04. The summed E-state index contributed by atoms with van der Waals surface area (Å²) in [7, 11) is 0. The molecule has 0 fully saturated rings. The van der Waals surface area contributed by atoms with Gasteiger partial charge in [-0.15, -0.1) is 11.8 Å². The molecule has 0 spiro atoms. The molecule has 100 valence electrons. The van der Waals surface area contributed by atoms with E-state index in [2.05, 4.69) is 0 Å². The summed E-state index contributed by atoms with van der Waals surface area (Å²) in [5.74, 6) is 0.706. The molecule has 0 radical (unpaired) electrons. The van der Waals surface area contributed by atoms with E-state index in [9.17, 15) is 0 Å². The van der Waals surface area contributed by atoms with Gasteiger partial charge in [0.05, 0.1) is 0 Å². The topological polar surface area (TPSA) is 52.0 Å². The Morgan fingerprint density at radius 1 is 0.842 bits per heavy atom. The summed E-state index contributed by atoms with van der Waals surface area (Å²) < 4.78 is -0.991. The number of thioether (sulfide) groups is 1. The van der Waals surface area contributed by atoms with E-state index in [0.717, 1.165) is 16.8 Å². The van der Waals surface area contributed by atoms with Gasteiger partial charge in [0.1, 0.15) is 0 Å². The molecule has 0 saturated carbocycles. The zero-order valence-corrected chi connectivity index (χ0v) is 12.5. The van der Waals surface area contributed by atoms with Crippen LogP contribution in [0, 0.1) is 0 Å². The molecule has 0 heterocycles. The molecule has 2 rings (SSSR count). The molecule has 19 heavy (non-hydrogen) atoms. The fourth-order valence-electron chi connectivity index (χ4n) is 1.55. The van der Waals surface area contributed by atoms with Gasteiger partial charge in [0, 0.05) is 17.1 Å². The lowest BCUT2D eigenvalue weighted by molar-refractivity contribution is 1.24. The summed E-state index contributed by atoms with van der Waals surface area (Å²) in [5, 5.41) is 0. The van der Waals surface area contributed by atoms with E-state index in [1.165, 1.54) is 11.8 Å². The minimum atomic E-state index is -0.991. The lowest BCUT2D eigenvalue weighted by atomic mass is 10.2. The van der Waals surface area contributed by atoms with Gasteiger partial charge in [-0.1, -0.05) is 47.5 Å². The number of nitrogen functional groups attached to an aromatic ring is 2. The van der Waals surface area contributed by atoms with Crippen LogP contribution in [0.5, 0.6) is 0 Å². The first-order valence-corrected chi connectivity index (χ1v) is 7.44. The van der Waals surface area contributed by atoms with Crippen molar-refractivity contribution in [3.63, 3.8) is 0 Å². The third-order valence-electron chi connectivity index (χ3n) is 2.65. The largest absolute Gasteiger partial charge is 0.399 e. The second kappa shape index (κ2) is 5.95. The van der Waals surface area contributed by atoms with Crippen molar-refractivity contribution in [2.45, 2.75) is 9.42 Å². The number of alkyl halides is 2. The summed E-state index contributed by atoms with van der Waals surface area (Å²) in [6, 6.07) is 14.9. The molecule has 5 heteroatoms. The van der Waals surface area contributed by atoms with E-state index >= 15 is 0 Å². The van der Waals surface area contributed by atoms with Crippen LogP contribution in [0.25, 0.3) is 0 Å². The highest BCUT2D eigenvalue weighted by atomic mass is 35.5. The molecular formula is C14H14Cl2N2S. The summed E-state index contributed by atoms with van der Waals surface area (Å²) in [6.45, 7) is 0. The van der Waals surface area contributed by atoms with Gasteiger partial charge in [0.15, 0.2) is 3.67 Å². The Morgan fingerprint density at radius 3 is 1.84 bits per heavy atom. The number of halogens is 2. The van der Waals surface area contributed by atoms with Crippen molar-refractivity contribution < 1.29 is 0 Å². The third kappa shape index (κ3) is 3.96. The molecule has 2 nitrogen and oxygen atoms in total. The standard InChI is InChI=1S/C14H14Cl2N2S/c15-14(16,11-3-7-13(18)8-4-11)19-9-10-1-5-12(17)6-2-10/h1-8H,9,17-18H2. The minimum absolute atomic E-state index is 0.691. The van der Waals surface area contributed by atoms with Crippen LogP contribution in [0.4, 0.5) is 11.4 Å². The van der Waals surface area contributed by atoms with E-state index in [-0.39, 0.29) is 0 Å². The number of hydrogen-bond acceptors (Lipinski definition) is 3. The van der Waals surface area contributed by atoms with Crippen molar-refractivity contribution in [1.82, 2.24) is 0 Å². The predicted octanol–water partition coefficient (Wildman–Crippen LogP) is 4.37. The number of anilines is 2. The monoisotopic (exact) mass is 312 g/mol. The first-order valence-electron chi connectivity index (χ1n) is 5.69. The maximum Gasteiger partial charge on any atom is 0.188 e. The molecule has 0 bridgehead atoms. The highest BCUT2D eigenvalue weighted by Crippen LogP contribution is 2.46. The molecule has 0 atom stereocenters. The van der Waals surface area contributed by atoms with Gasteiger partial charge in [-0.25, -0.2) is 0 Å². The molecule has 0 aliphatic carbocycles. The van der Waals surface area contributed by atoms with Crippen molar-refractivity contribution in [2.75, 3.05) is 11.5 Å². The molecule has 0 aliphatic rings. The molecule has 0 unspecified atom stereocenters. The zero-order chi connectivity index (χ0) is 13.9. The summed E-state index contributed by atoms with van der Waals surface area (Å²) in [6.07, 6.45) is 0. The summed E-state index contributed by atoms with van der Waals surface area (Å²) >= 11 is 14.2. The van der Waals surface area contributed by atoms with Crippen LogP contribution >= 0.6 is 35.0 Å². The number of rotatable bonds is 4. The van der Waals surface area contributed by atoms with Gasteiger partial charge in [-0.05, 0) is 35.4 Å². The van der Waals surface area contributed by atoms with Crippen molar-refractivity contribution in [2.24, 2.45) is 0 Å². The summed E-state index contributed by atoms with van der Waals surface area (Å²) in [5.41, 5.74) is 14.7. The Morgan fingerprint density at radius 2 is 1.32 bits per heavy atom. The highest BCUT2D eigenvalue weighted by molar-refractivity contribution is 8.01. The fraction of sp³-hybridized carbons (Fsp3) is 0.143. The molecular weight excluding hydrogens is 299 g/mol. The normalized spacial score (nSPS) is 11.5. The molecule has 2 aromatic rings. The average molecular weight is 313 g/mol.